The molecule has 1 aromatic rings. The molecule has 106 valence electrons. The van der Waals surface area contributed by atoms with E-state index in [0.717, 1.165) is 24.7 Å². The Labute approximate surface area is 120 Å². The average molecular weight is 271 g/mol. The van der Waals surface area contributed by atoms with E-state index in [-0.39, 0.29) is 0 Å². The minimum Gasteiger partial charge on any atom is -0.337 e. The maximum Gasteiger partial charge on any atom is 0.227 e. The van der Waals surface area contributed by atoms with Crippen LogP contribution in [-0.4, -0.2) is 47.1 Å². The second-order valence-electron chi connectivity index (χ2n) is 5.80. The van der Waals surface area contributed by atoms with E-state index in [9.17, 15) is 0 Å². The van der Waals surface area contributed by atoms with Crippen LogP contribution in [0.1, 0.15) is 37.1 Å². The van der Waals surface area contributed by atoms with Gasteiger partial charge in [0, 0.05) is 24.8 Å². The molecule has 0 aliphatic carbocycles. The molecule has 0 aromatic carbocycles. The number of rotatable bonds is 3. The summed E-state index contributed by atoms with van der Waals surface area (Å²) in [7, 11) is 0. The largest absolute Gasteiger partial charge is 0.337 e. The predicted molar refractivity (Wildman–Crippen MR) is 77.5 cm³/mol. The van der Waals surface area contributed by atoms with Gasteiger partial charge in [-0.25, -0.2) is 9.97 Å². The van der Waals surface area contributed by atoms with Crippen molar-refractivity contribution in [1.29, 1.82) is 5.26 Å². The second kappa shape index (κ2) is 5.76. The molecule has 0 amide bonds. The van der Waals surface area contributed by atoms with Crippen molar-refractivity contribution in [2.75, 3.05) is 31.1 Å². The van der Waals surface area contributed by atoms with Crippen LogP contribution in [0.25, 0.3) is 0 Å². The van der Waals surface area contributed by atoms with Crippen molar-refractivity contribution in [3.8, 4) is 6.07 Å². The molecule has 1 aromatic heterocycles. The maximum absolute atomic E-state index is 9.06. The van der Waals surface area contributed by atoms with Gasteiger partial charge in [0.2, 0.25) is 5.95 Å². The van der Waals surface area contributed by atoms with Crippen LogP contribution in [0, 0.1) is 18.3 Å². The van der Waals surface area contributed by atoms with Gasteiger partial charge < -0.3 is 9.80 Å². The van der Waals surface area contributed by atoms with E-state index < -0.39 is 0 Å². The van der Waals surface area contributed by atoms with Gasteiger partial charge in [0.05, 0.1) is 0 Å². The Balaban J connectivity index is 1.77. The van der Waals surface area contributed by atoms with Crippen LogP contribution in [0.2, 0.25) is 0 Å². The number of hydrogen-bond acceptors (Lipinski definition) is 5. The Kier molecular flexibility index (Phi) is 3.83. The summed E-state index contributed by atoms with van der Waals surface area (Å²) < 4.78 is 0. The Morgan fingerprint density at radius 1 is 1.25 bits per heavy atom. The molecule has 1 unspecified atom stereocenters. The van der Waals surface area contributed by atoms with Gasteiger partial charge in [-0.3, -0.25) is 0 Å². The zero-order valence-electron chi connectivity index (χ0n) is 12.0. The first-order valence-electron chi connectivity index (χ1n) is 7.51. The van der Waals surface area contributed by atoms with Crippen LogP contribution < -0.4 is 4.90 Å². The average Bonchev–Trinajstić information content (AvgIpc) is 3.10. The monoisotopic (exact) mass is 271 g/mol. The highest BCUT2D eigenvalue weighted by Gasteiger charge is 2.29. The number of nitrogens with zero attached hydrogens (tertiary/aromatic N) is 5. The quantitative estimate of drug-likeness (QED) is 0.838. The fourth-order valence-corrected chi connectivity index (χ4v) is 3.29. The second-order valence-corrected chi connectivity index (χ2v) is 5.80. The van der Waals surface area contributed by atoms with Crippen LogP contribution in [0.3, 0.4) is 0 Å². The Bertz CT molecular complexity index is 515. The Morgan fingerprint density at radius 3 is 2.80 bits per heavy atom. The normalized spacial score (nSPS) is 23.2. The fourth-order valence-electron chi connectivity index (χ4n) is 3.29. The van der Waals surface area contributed by atoms with Gasteiger partial charge in [0.15, 0.2) is 0 Å². The van der Waals surface area contributed by atoms with E-state index in [1.807, 2.05) is 6.92 Å². The molecule has 2 fully saturated rings. The molecular weight excluding hydrogens is 250 g/mol. The van der Waals surface area contributed by atoms with Crippen molar-refractivity contribution >= 4 is 5.95 Å². The fraction of sp³-hybridized carbons (Fsp3) is 0.667. The summed E-state index contributed by atoms with van der Waals surface area (Å²) in [6, 6.07) is 4.38. The number of anilines is 1. The van der Waals surface area contributed by atoms with Crippen molar-refractivity contribution in [2.24, 2.45) is 0 Å². The number of nitriles is 1. The van der Waals surface area contributed by atoms with Crippen molar-refractivity contribution < 1.29 is 0 Å². The third-order valence-electron chi connectivity index (χ3n) is 4.26. The molecule has 2 aliphatic rings. The first kappa shape index (κ1) is 13.3. The van der Waals surface area contributed by atoms with Crippen LogP contribution in [0.4, 0.5) is 5.95 Å². The van der Waals surface area contributed by atoms with Crippen molar-refractivity contribution in [1.82, 2.24) is 14.9 Å². The minimum absolute atomic E-state index is 0.472. The summed E-state index contributed by atoms with van der Waals surface area (Å²) >= 11 is 0. The third-order valence-corrected chi connectivity index (χ3v) is 4.26. The molecule has 2 saturated heterocycles. The first-order valence-corrected chi connectivity index (χ1v) is 7.51. The smallest absolute Gasteiger partial charge is 0.227 e. The molecule has 3 heterocycles. The summed E-state index contributed by atoms with van der Waals surface area (Å²) in [4.78, 5) is 13.8. The molecule has 0 saturated carbocycles. The van der Waals surface area contributed by atoms with Crippen molar-refractivity contribution in [2.45, 2.75) is 38.6 Å². The van der Waals surface area contributed by atoms with E-state index in [2.05, 4.69) is 25.8 Å². The number of likely N-dealkylation sites (tertiary alicyclic amines) is 1. The van der Waals surface area contributed by atoms with Gasteiger partial charge >= 0.3 is 0 Å². The SMILES string of the molecule is Cc1cc(C#N)nc(N2CCCC2CN2CCCC2)n1. The van der Waals surface area contributed by atoms with Gasteiger partial charge in [-0.15, -0.1) is 0 Å². The highest BCUT2D eigenvalue weighted by atomic mass is 15.3. The molecule has 1 atom stereocenters. The minimum atomic E-state index is 0.472. The van der Waals surface area contributed by atoms with E-state index >= 15 is 0 Å². The number of hydrogen-bond donors (Lipinski definition) is 0. The van der Waals surface area contributed by atoms with Gasteiger partial charge in [0.1, 0.15) is 11.8 Å². The molecule has 3 rings (SSSR count). The molecule has 5 nitrogen and oxygen atoms in total. The molecule has 0 spiro atoms. The van der Waals surface area contributed by atoms with Crippen LogP contribution in [0.15, 0.2) is 6.07 Å². The third kappa shape index (κ3) is 2.75. The van der Waals surface area contributed by atoms with Crippen LogP contribution in [0.5, 0.6) is 0 Å². The van der Waals surface area contributed by atoms with E-state index in [1.54, 1.807) is 6.07 Å². The van der Waals surface area contributed by atoms with Crippen molar-refractivity contribution in [3.05, 3.63) is 17.5 Å². The lowest BCUT2D eigenvalue weighted by atomic mass is 10.2. The topological polar surface area (TPSA) is 56.1 Å². The Morgan fingerprint density at radius 2 is 2.05 bits per heavy atom. The molecule has 5 heteroatoms. The van der Waals surface area contributed by atoms with Crippen molar-refractivity contribution in [3.63, 3.8) is 0 Å². The zero-order chi connectivity index (χ0) is 13.9. The molecular formula is C15H21N5. The predicted octanol–water partition coefficient (Wildman–Crippen LogP) is 1.72. The number of aryl methyl sites for hydroxylation is 1. The Hall–Kier alpha value is -1.67. The summed E-state index contributed by atoms with van der Waals surface area (Å²) in [6.45, 7) is 6.49. The van der Waals surface area contributed by atoms with Gasteiger partial charge in [-0.1, -0.05) is 0 Å². The van der Waals surface area contributed by atoms with E-state index in [4.69, 9.17) is 5.26 Å². The molecule has 0 radical (unpaired) electrons. The first-order chi connectivity index (χ1) is 9.76. The summed E-state index contributed by atoms with van der Waals surface area (Å²) in [5.74, 6) is 0.739. The molecule has 0 N–H and O–H groups in total. The molecule has 20 heavy (non-hydrogen) atoms. The maximum atomic E-state index is 9.06. The van der Waals surface area contributed by atoms with Crippen LogP contribution in [-0.2, 0) is 0 Å². The van der Waals surface area contributed by atoms with Gasteiger partial charge in [0.25, 0.3) is 0 Å². The van der Waals surface area contributed by atoms with Gasteiger partial charge in [-0.05, 0) is 51.8 Å². The highest BCUT2D eigenvalue weighted by Crippen LogP contribution is 2.24. The summed E-state index contributed by atoms with van der Waals surface area (Å²) in [5.41, 5.74) is 1.35. The van der Waals surface area contributed by atoms with Crippen LogP contribution >= 0.6 is 0 Å². The molecule has 2 aliphatic heterocycles. The summed E-state index contributed by atoms with van der Waals surface area (Å²) in [6.07, 6.45) is 5.05. The van der Waals surface area contributed by atoms with E-state index in [0.29, 0.717) is 11.7 Å². The lowest BCUT2D eigenvalue weighted by molar-refractivity contribution is 0.313. The standard InChI is InChI=1S/C15H21N5/c1-12-9-13(10-16)18-15(17-12)20-8-4-5-14(20)11-19-6-2-3-7-19/h9,14H,2-8,11H2,1H3. The van der Waals surface area contributed by atoms with E-state index in [1.165, 1.54) is 38.8 Å². The number of aromatic nitrogens is 2. The summed E-state index contributed by atoms with van der Waals surface area (Å²) in [5, 5.41) is 9.06. The highest BCUT2D eigenvalue weighted by molar-refractivity contribution is 5.38. The van der Waals surface area contributed by atoms with Gasteiger partial charge in [-0.2, -0.15) is 5.26 Å². The lowest BCUT2D eigenvalue weighted by Crippen LogP contribution is -2.40. The lowest BCUT2D eigenvalue weighted by Gasteiger charge is -2.28. The molecule has 0 bridgehead atoms. The zero-order valence-corrected chi connectivity index (χ0v) is 12.0.